The standard InChI is InChI=1S/C20H21ClN2O2/c1-14(11-12-24)19-13-20(15-3-5-16(21)6-4-15)23(22-19)17-7-9-18(25-2)10-8-17/h3-10,13-14,24H,11-12H2,1-2H3. The molecular weight excluding hydrogens is 336 g/mol. The fourth-order valence-electron chi connectivity index (χ4n) is 2.73. The van der Waals surface area contributed by atoms with Crippen molar-refractivity contribution in [2.75, 3.05) is 13.7 Å². The van der Waals surface area contributed by atoms with E-state index >= 15 is 0 Å². The van der Waals surface area contributed by atoms with Crippen LogP contribution in [0.2, 0.25) is 5.02 Å². The van der Waals surface area contributed by atoms with Gasteiger partial charge in [0, 0.05) is 23.1 Å². The van der Waals surface area contributed by atoms with Crippen LogP contribution in [0.1, 0.15) is 25.0 Å². The van der Waals surface area contributed by atoms with E-state index < -0.39 is 0 Å². The van der Waals surface area contributed by atoms with Crippen molar-refractivity contribution in [1.29, 1.82) is 0 Å². The Bertz CT molecular complexity index is 826. The number of ether oxygens (including phenoxy) is 1. The molecule has 0 saturated carbocycles. The fraction of sp³-hybridized carbons (Fsp3) is 0.250. The molecule has 5 heteroatoms. The largest absolute Gasteiger partial charge is 0.497 e. The van der Waals surface area contributed by atoms with E-state index in [1.807, 2.05) is 53.2 Å². The van der Waals surface area contributed by atoms with E-state index in [1.54, 1.807) is 7.11 Å². The van der Waals surface area contributed by atoms with Crippen molar-refractivity contribution in [3.8, 4) is 22.7 Å². The van der Waals surface area contributed by atoms with E-state index in [9.17, 15) is 5.11 Å². The van der Waals surface area contributed by atoms with E-state index in [4.69, 9.17) is 21.4 Å². The van der Waals surface area contributed by atoms with E-state index in [0.717, 1.165) is 28.4 Å². The smallest absolute Gasteiger partial charge is 0.119 e. The van der Waals surface area contributed by atoms with E-state index in [1.165, 1.54) is 0 Å². The van der Waals surface area contributed by atoms with Gasteiger partial charge in [0.2, 0.25) is 0 Å². The van der Waals surface area contributed by atoms with Gasteiger partial charge in [-0.3, -0.25) is 0 Å². The van der Waals surface area contributed by atoms with Gasteiger partial charge in [0.15, 0.2) is 0 Å². The summed E-state index contributed by atoms with van der Waals surface area (Å²) in [5.74, 6) is 0.980. The number of hydrogen-bond acceptors (Lipinski definition) is 3. The molecule has 0 aliphatic carbocycles. The number of nitrogens with zero attached hydrogens (tertiary/aromatic N) is 2. The summed E-state index contributed by atoms with van der Waals surface area (Å²) in [6, 6.07) is 17.6. The second-order valence-corrected chi connectivity index (χ2v) is 6.42. The Hall–Kier alpha value is -2.30. The van der Waals surface area contributed by atoms with Crippen LogP contribution in [0, 0.1) is 0 Å². The number of methoxy groups -OCH3 is 1. The predicted molar refractivity (Wildman–Crippen MR) is 101 cm³/mol. The fourth-order valence-corrected chi connectivity index (χ4v) is 2.85. The van der Waals surface area contributed by atoms with Crippen LogP contribution in [0.25, 0.3) is 16.9 Å². The van der Waals surface area contributed by atoms with Crippen molar-refractivity contribution in [3.63, 3.8) is 0 Å². The minimum Gasteiger partial charge on any atom is -0.497 e. The molecule has 3 rings (SSSR count). The highest BCUT2D eigenvalue weighted by molar-refractivity contribution is 6.30. The normalized spacial score (nSPS) is 12.2. The minimum atomic E-state index is 0.146. The maximum atomic E-state index is 9.23. The van der Waals surface area contributed by atoms with E-state index in [0.29, 0.717) is 11.4 Å². The highest BCUT2D eigenvalue weighted by Gasteiger charge is 2.16. The first kappa shape index (κ1) is 17.5. The quantitative estimate of drug-likeness (QED) is 0.697. The van der Waals surface area contributed by atoms with Crippen LogP contribution in [0.3, 0.4) is 0 Å². The molecule has 1 heterocycles. The van der Waals surface area contributed by atoms with Crippen LogP contribution in [0.4, 0.5) is 0 Å². The van der Waals surface area contributed by atoms with Crippen molar-refractivity contribution in [2.45, 2.75) is 19.3 Å². The van der Waals surface area contributed by atoms with Gasteiger partial charge in [-0.15, -0.1) is 0 Å². The molecule has 1 aromatic heterocycles. The molecule has 3 aromatic rings. The third-order valence-electron chi connectivity index (χ3n) is 4.25. The van der Waals surface area contributed by atoms with Crippen LogP contribution in [0.15, 0.2) is 54.6 Å². The Balaban J connectivity index is 2.08. The lowest BCUT2D eigenvalue weighted by atomic mass is 10.0. The Labute approximate surface area is 152 Å². The molecule has 1 N–H and O–H groups in total. The van der Waals surface area contributed by atoms with Crippen molar-refractivity contribution in [1.82, 2.24) is 9.78 Å². The number of benzene rings is 2. The molecule has 4 nitrogen and oxygen atoms in total. The summed E-state index contributed by atoms with van der Waals surface area (Å²) >= 11 is 6.02. The average Bonchev–Trinajstić information content (AvgIpc) is 3.08. The molecule has 0 aliphatic rings. The van der Waals surface area contributed by atoms with Gasteiger partial charge in [0.25, 0.3) is 0 Å². The molecule has 1 atom stereocenters. The third kappa shape index (κ3) is 3.86. The summed E-state index contributed by atoms with van der Waals surface area (Å²) in [6.45, 7) is 2.22. The van der Waals surface area contributed by atoms with Crippen LogP contribution in [0.5, 0.6) is 5.75 Å². The summed E-state index contributed by atoms with van der Waals surface area (Å²) in [7, 11) is 1.65. The number of halogens is 1. The van der Waals surface area contributed by atoms with Crippen LogP contribution >= 0.6 is 11.6 Å². The number of aliphatic hydroxyl groups excluding tert-OH is 1. The zero-order valence-electron chi connectivity index (χ0n) is 14.3. The lowest BCUT2D eigenvalue weighted by Gasteiger charge is -2.09. The van der Waals surface area contributed by atoms with Gasteiger partial charge >= 0.3 is 0 Å². The molecule has 0 saturated heterocycles. The average molecular weight is 357 g/mol. The van der Waals surface area contributed by atoms with E-state index in [2.05, 4.69) is 13.0 Å². The second kappa shape index (κ2) is 7.72. The monoisotopic (exact) mass is 356 g/mol. The molecule has 25 heavy (non-hydrogen) atoms. The van der Waals surface area contributed by atoms with Gasteiger partial charge in [-0.05, 0) is 48.9 Å². The van der Waals surface area contributed by atoms with Crippen LogP contribution in [-0.4, -0.2) is 28.6 Å². The minimum absolute atomic E-state index is 0.146. The molecule has 0 aliphatic heterocycles. The first-order valence-corrected chi connectivity index (χ1v) is 8.61. The molecule has 0 bridgehead atoms. The molecule has 1 unspecified atom stereocenters. The summed E-state index contributed by atoms with van der Waals surface area (Å²) in [6.07, 6.45) is 0.680. The number of rotatable bonds is 6. The van der Waals surface area contributed by atoms with Crippen LogP contribution in [-0.2, 0) is 0 Å². The van der Waals surface area contributed by atoms with Crippen molar-refractivity contribution in [3.05, 3.63) is 65.3 Å². The zero-order valence-corrected chi connectivity index (χ0v) is 15.1. The van der Waals surface area contributed by atoms with Gasteiger partial charge in [0.05, 0.1) is 24.2 Å². The Morgan fingerprint density at radius 1 is 1.12 bits per heavy atom. The maximum absolute atomic E-state index is 9.23. The van der Waals surface area contributed by atoms with Gasteiger partial charge < -0.3 is 9.84 Å². The predicted octanol–water partition coefficient (Wildman–Crippen LogP) is 4.69. The van der Waals surface area contributed by atoms with Gasteiger partial charge in [-0.1, -0.05) is 30.7 Å². The lowest BCUT2D eigenvalue weighted by Crippen LogP contribution is -2.02. The lowest BCUT2D eigenvalue weighted by molar-refractivity contribution is 0.277. The molecule has 2 aromatic carbocycles. The number of aromatic nitrogens is 2. The first-order valence-electron chi connectivity index (χ1n) is 8.23. The van der Waals surface area contributed by atoms with E-state index in [-0.39, 0.29) is 12.5 Å². The number of aliphatic hydroxyl groups is 1. The Morgan fingerprint density at radius 2 is 1.80 bits per heavy atom. The highest BCUT2D eigenvalue weighted by atomic mass is 35.5. The second-order valence-electron chi connectivity index (χ2n) is 5.98. The molecule has 0 fully saturated rings. The van der Waals surface area contributed by atoms with Crippen molar-refractivity contribution >= 4 is 11.6 Å². The van der Waals surface area contributed by atoms with Gasteiger partial charge in [0.1, 0.15) is 5.75 Å². The maximum Gasteiger partial charge on any atom is 0.119 e. The number of hydrogen-bond donors (Lipinski definition) is 1. The Kier molecular flexibility index (Phi) is 5.41. The Morgan fingerprint density at radius 3 is 2.40 bits per heavy atom. The third-order valence-corrected chi connectivity index (χ3v) is 4.50. The SMILES string of the molecule is COc1ccc(-n2nc(C(C)CCO)cc2-c2ccc(Cl)cc2)cc1. The molecule has 0 radical (unpaired) electrons. The molecular formula is C20H21ClN2O2. The van der Waals surface area contributed by atoms with Crippen molar-refractivity contribution in [2.24, 2.45) is 0 Å². The topological polar surface area (TPSA) is 47.3 Å². The highest BCUT2D eigenvalue weighted by Crippen LogP contribution is 2.29. The summed E-state index contributed by atoms with van der Waals surface area (Å²) < 4.78 is 7.16. The van der Waals surface area contributed by atoms with Crippen molar-refractivity contribution < 1.29 is 9.84 Å². The summed E-state index contributed by atoms with van der Waals surface area (Å²) in [5.41, 5.74) is 3.93. The molecule has 0 spiro atoms. The molecule has 0 amide bonds. The summed E-state index contributed by atoms with van der Waals surface area (Å²) in [5, 5.41) is 14.7. The molecule has 130 valence electrons. The van der Waals surface area contributed by atoms with Gasteiger partial charge in [-0.25, -0.2) is 4.68 Å². The van der Waals surface area contributed by atoms with Crippen LogP contribution < -0.4 is 4.74 Å². The zero-order chi connectivity index (χ0) is 17.8. The first-order chi connectivity index (χ1) is 12.1. The van der Waals surface area contributed by atoms with Gasteiger partial charge in [-0.2, -0.15) is 5.10 Å². The summed E-state index contributed by atoms with van der Waals surface area (Å²) in [4.78, 5) is 0.